The number of anilines is 1. The van der Waals surface area contributed by atoms with E-state index in [9.17, 15) is 20.1 Å². The van der Waals surface area contributed by atoms with Crippen molar-refractivity contribution < 1.29 is 24.9 Å². The van der Waals surface area contributed by atoms with E-state index in [0.717, 1.165) is 10.4 Å². The number of rotatable bonds is 7. The fourth-order valence-corrected chi connectivity index (χ4v) is 11.4. The molecule has 0 bridgehead atoms. The quantitative estimate of drug-likeness (QED) is 0.205. The zero-order valence-corrected chi connectivity index (χ0v) is 25.7. The Bertz CT molecular complexity index is 1720. The molecule has 0 aliphatic carbocycles. The standard InChI is InChI=1S/C33H35N5O5Si/c1-33(2,3)44(22-15-9-5-10-16-22,23-17-11-6-12-18-23)32-36-28(35-30(42)21-13-7-4-8-14-21)25-29(37-32)38(20-34-25)31-27(41)26(40)24(19-39)43-31/h4-18,20,24,26-27,31,39-41H,19H2,1-3H3,(H,35,36,37,42)/t24-,26?,27?,31-/m1/s1. The van der Waals surface area contributed by atoms with Gasteiger partial charge in [-0.15, -0.1) is 0 Å². The minimum atomic E-state index is -3.10. The summed E-state index contributed by atoms with van der Waals surface area (Å²) in [6.45, 7) is 6.07. The van der Waals surface area contributed by atoms with Gasteiger partial charge in [-0.3, -0.25) is 9.36 Å². The summed E-state index contributed by atoms with van der Waals surface area (Å²) in [5, 5.41) is 36.0. The van der Waals surface area contributed by atoms with E-state index in [2.05, 4.69) is 55.3 Å². The molecule has 3 aromatic carbocycles. The van der Waals surface area contributed by atoms with Gasteiger partial charge in [0.2, 0.25) is 8.07 Å². The van der Waals surface area contributed by atoms with Crippen molar-refractivity contribution >= 4 is 46.8 Å². The Morgan fingerprint density at radius 3 is 1.98 bits per heavy atom. The lowest BCUT2D eigenvalue weighted by atomic mass is 10.1. The molecule has 6 rings (SSSR count). The first-order valence-corrected chi connectivity index (χ1v) is 16.5. The molecule has 0 radical (unpaired) electrons. The van der Waals surface area contributed by atoms with Crippen molar-refractivity contribution in [3.63, 3.8) is 0 Å². The molecule has 3 heterocycles. The number of imidazole rings is 1. The fourth-order valence-electron chi connectivity index (χ4n) is 6.24. The van der Waals surface area contributed by atoms with Crippen molar-refractivity contribution in [2.45, 2.75) is 50.3 Å². The molecule has 2 unspecified atom stereocenters. The summed E-state index contributed by atoms with van der Waals surface area (Å²) in [5.41, 5.74) is 1.61. The van der Waals surface area contributed by atoms with E-state index in [0.29, 0.717) is 22.2 Å². The molecule has 10 nitrogen and oxygen atoms in total. The Morgan fingerprint density at radius 1 is 0.886 bits per heavy atom. The summed E-state index contributed by atoms with van der Waals surface area (Å²) < 4.78 is 7.42. The van der Waals surface area contributed by atoms with Crippen LogP contribution >= 0.6 is 0 Å². The van der Waals surface area contributed by atoms with Crippen LogP contribution in [0.3, 0.4) is 0 Å². The second-order valence-electron chi connectivity index (χ2n) is 12.0. The first-order valence-electron chi connectivity index (χ1n) is 14.5. The molecule has 4 atom stereocenters. The minimum Gasteiger partial charge on any atom is -0.394 e. The highest BCUT2D eigenvalue weighted by atomic mass is 28.3. The maximum absolute atomic E-state index is 13.5. The second-order valence-corrected chi connectivity index (χ2v) is 16.6. The first kappa shape index (κ1) is 29.8. The van der Waals surface area contributed by atoms with Gasteiger partial charge >= 0.3 is 0 Å². The summed E-state index contributed by atoms with van der Waals surface area (Å²) in [4.78, 5) is 28.3. The zero-order valence-electron chi connectivity index (χ0n) is 24.7. The van der Waals surface area contributed by atoms with Gasteiger partial charge < -0.3 is 25.4 Å². The van der Waals surface area contributed by atoms with Gasteiger partial charge in [0, 0.05) is 5.56 Å². The number of nitrogens with zero attached hydrogens (tertiary/aromatic N) is 4. The molecule has 1 aliphatic rings. The number of carbonyl (C=O) groups excluding carboxylic acids is 1. The van der Waals surface area contributed by atoms with Gasteiger partial charge in [0.05, 0.1) is 12.9 Å². The van der Waals surface area contributed by atoms with E-state index in [1.54, 1.807) is 28.8 Å². The number of aromatic nitrogens is 4. The third-order valence-electron chi connectivity index (χ3n) is 8.35. The molecule has 4 N–H and O–H groups in total. The molecule has 5 aromatic rings. The van der Waals surface area contributed by atoms with Crippen LogP contribution in [-0.4, -0.2) is 73.7 Å². The van der Waals surface area contributed by atoms with E-state index >= 15 is 0 Å². The van der Waals surface area contributed by atoms with Gasteiger partial charge in [-0.2, -0.15) is 0 Å². The van der Waals surface area contributed by atoms with Crippen molar-refractivity contribution in [3.8, 4) is 0 Å². The third kappa shape index (κ3) is 4.92. The number of carbonyl (C=O) groups is 1. The molecular formula is C33H35N5O5Si. The normalized spacial score (nSPS) is 20.6. The van der Waals surface area contributed by atoms with E-state index in [4.69, 9.17) is 14.7 Å². The molecule has 1 aliphatic heterocycles. The number of ether oxygens (including phenoxy) is 1. The third-order valence-corrected chi connectivity index (χ3v) is 13.9. The summed E-state index contributed by atoms with van der Waals surface area (Å²) in [7, 11) is -3.10. The predicted octanol–water partition coefficient (Wildman–Crippen LogP) is 1.96. The van der Waals surface area contributed by atoms with Crippen LogP contribution in [0.1, 0.15) is 37.4 Å². The van der Waals surface area contributed by atoms with Crippen LogP contribution in [0.25, 0.3) is 11.2 Å². The number of aliphatic hydroxyl groups excluding tert-OH is 3. The van der Waals surface area contributed by atoms with E-state index < -0.39 is 39.2 Å². The lowest BCUT2D eigenvalue weighted by molar-refractivity contribution is -0.0511. The summed E-state index contributed by atoms with van der Waals surface area (Å²) in [6, 6.07) is 29.2. The first-order chi connectivity index (χ1) is 21.2. The number of benzene rings is 3. The van der Waals surface area contributed by atoms with E-state index in [1.165, 1.54) is 6.33 Å². The zero-order chi connectivity index (χ0) is 31.1. The van der Waals surface area contributed by atoms with Gasteiger partial charge in [0.1, 0.15) is 23.8 Å². The monoisotopic (exact) mass is 609 g/mol. The molecule has 2 aromatic heterocycles. The molecule has 0 spiro atoms. The Balaban J connectivity index is 1.65. The van der Waals surface area contributed by atoms with Gasteiger partial charge in [-0.25, -0.2) is 15.0 Å². The average Bonchev–Trinajstić information content (AvgIpc) is 3.58. The van der Waals surface area contributed by atoms with Crippen molar-refractivity contribution in [2.75, 3.05) is 11.9 Å². The van der Waals surface area contributed by atoms with Crippen LogP contribution < -0.4 is 21.1 Å². The van der Waals surface area contributed by atoms with Crippen LogP contribution in [0.4, 0.5) is 5.82 Å². The predicted molar refractivity (Wildman–Crippen MR) is 170 cm³/mol. The molecule has 0 saturated carbocycles. The topological polar surface area (TPSA) is 143 Å². The summed E-state index contributed by atoms with van der Waals surface area (Å²) in [5.74, 6) is -0.140. The number of hydrogen-bond acceptors (Lipinski definition) is 8. The fraction of sp³-hybridized carbons (Fsp3) is 0.273. The van der Waals surface area contributed by atoms with Crippen molar-refractivity contribution in [1.29, 1.82) is 0 Å². The largest absolute Gasteiger partial charge is 0.394 e. The van der Waals surface area contributed by atoms with Crippen LogP contribution in [0.15, 0.2) is 97.3 Å². The number of fused-ring (bicyclic) bond motifs is 1. The average molecular weight is 610 g/mol. The summed E-state index contributed by atoms with van der Waals surface area (Å²) >= 11 is 0. The smallest absolute Gasteiger partial charge is 0.256 e. The molecule has 11 heteroatoms. The highest BCUT2D eigenvalue weighted by molar-refractivity contribution is 7.12. The van der Waals surface area contributed by atoms with Crippen LogP contribution in [0.2, 0.25) is 5.04 Å². The van der Waals surface area contributed by atoms with Crippen LogP contribution in [0, 0.1) is 0 Å². The molecule has 1 amide bonds. The minimum absolute atomic E-state index is 0.220. The van der Waals surface area contributed by atoms with Gasteiger partial charge in [-0.1, -0.05) is 99.6 Å². The molecule has 44 heavy (non-hydrogen) atoms. The Hall–Kier alpha value is -4.26. The number of aliphatic hydroxyl groups is 3. The number of hydrogen-bond donors (Lipinski definition) is 4. The summed E-state index contributed by atoms with van der Waals surface area (Å²) in [6.07, 6.45) is -3.27. The SMILES string of the molecule is CC(C)(C)[Si](c1ccccc1)(c1ccccc1)c1nc(NC(=O)c2ccccc2)c2ncn([C@@H]3O[C@H](CO)C(O)C3O)c2n1. The Kier molecular flexibility index (Phi) is 7.91. The second kappa shape index (κ2) is 11.7. The van der Waals surface area contributed by atoms with Gasteiger partial charge in [0.25, 0.3) is 5.91 Å². The van der Waals surface area contributed by atoms with E-state index in [-0.39, 0.29) is 16.8 Å². The van der Waals surface area contributed by atoms with E-state index in [1.807, 2.05) is 42.5 Å². The van der Waals surface area contributed by atoms with Crippen LogP contribution in [-0.2, 0) is 4.74 Å². The van der Waals surface area contributed by atoms with Crippen molar-refractivity contribution in [1.82, 2.24) is 19.5 Å². The maximum atomic E-state index is 13.5. The Labute approximate surface area is 256 Å². The molecule has 226 valence electrons. The highest BCUT2D eigenvalue weighted by Gasteiger charge is 2.53. The molecule has 1 saturated heterocycles. The van der Waals surface area contributed by atoms with Gasteiger partial charge in [0.15, 0.2) is 23.2 Å². The Morgan fingerprint density at radius 2 is 1.45 bits per heavy atom. The highest BCUT2D eigenvalue weighted by Crippen LogP contribution is 2.37. The van der Waals surface area contributed by atoms with Crippen molar-refractivity contribution in [2.24, 2.45) is 0 Å². The lowest BCUT2D eigenvalue weighted by Crippen LogP contribution is -2.73. The van der Waals surface area contributed by atoms with Gasteiger partial charge in [-0.05, 0) is 27.5 Å². The molecule has 1 fully saturated rings. The van der Waals surface area contributed by atoms with Crippen LogP contribution in [0.5, 0.6) is 0 Å². The lowest BCUT2D eigenvalue weighted by Gasteiger charge is -2.42. The molecular weight excluding hydrogens is 574 g/mol. The van der Waals surface area contributed by atoms with Crippen molar-refractivity contribution in [3.05, 3.63) is 103 Å². The maximum Gasteiger partial charge on any atom is 0.256 e. The number of amides is 1. The number of nitrogens with one attached hydrogen (secondary N) is 1.